The van der Waals surface area contributed by atoms with Gasteiger partial charge in [-0.1, -0.05) is 88.8 Å². The highest BCUT2D eigenvalue weighted by molar-refractivity contribution is 5.67. The standard InChI is InChI=1S/C28H34FN/c1-3-5-6-7-8-9-10-11-23-12-15-24(16-13-23)25-17-19-28(30-21-25)26-18-14-22(4-2)20-27(26)29/h12-21H,3-11H2,1-2H3. The van der Waals surface area contributed by atoms with Crippen LogP contribution in [-0.4, -0.2) is 4.98 Å². The molecule has 3 rings (SSSR count). The topological polar surface area (TPSA) is 12.9 Å². The Morgan fingerprint density at radius 1 is 0.700 bits per heavy atom. The van der Waals surface area contributed by atoms with Gasteiger partial charge >= 0.3 is 0 Å². The van der Waals surface area contributed by atoms with E-state index < -0.39 is 0 Å². The van der Waals surface area contributed by atoms with Gasteiger partial charge in [-0.05, 0) is 54.2 Å². The first-order valence-electron chi connectivity index (χ1n) is 11.6. The van der Waals surface area contributed by atoms with E-state index in [-0.39, 0.29) is 5.82 Å². The van der Waals surface area contributed by atoms with Crippen LogP contribution in [-0.2, 0) is 12.8 Å². The molecule has 0 fully saturated rings. The van der Waals surface area contributed by atoms with Crippen molar-refractivity contribution in [2.24, 2.45) is 0 Å². The van der Waals surface area contributed by atoms with E-state index in [9.17, 15) is 4.39 Å². The highest BCUT2D eigenvalue weighted by Crippen LogP contribution is 2.25. The third kappa shape index (κ3) is 6.26. The summed E-state index contributed by atoms with van der Waals surface area (Å²) < 4.78 is 14.4. The zero-order valence-corrected chi connectivity index (χ0v) is 18.5. The van der Waals surface area contributed by atoms with Gasteiger partial charge in [0.2, 0.25) is 0 Å². The van der Waals surface area contributed by atoms with Gasteiger partial charge in [-0.3, -0.25) is 4.98 Å². The van der Waals surface area contributed by atoms with Crippen molar-refractivity contribution in [1.29, 1.82) is 0 Å². The van der Waals surface area contributed by atoms with Gasteiger partial charge in [0, 0.05) is 17.3 Å². The summed E-state index contributed by atoms with van der Waals surface area (Å²) in [7, 11) is 0. The smallest absolute Gasteiger partial charge is 0.132 e. The van der Waals surface area contributed by atoms with Crippen LogP contribution in [0, 0.1) is 5.82 Å². The molecule has 0 unspecified atom stereocenters. The minimum absolute atomic E-state index is 0.204. The number of benzene rings is 2. The van der Waals surface area contributed by atoms with E-state index in [4.69, 9.17) is 0 Å². The van der Waals surface area contributed by atoms with Gasteiger partial charge in [0.1, 0.15) is 5.82 Å². The van der Waals surface area contributed by atoms with Gasteiger partial charge in [-0.2, -0.15) is 0 Å². The molecule has 0 bridgehead atoms. The Hall–Kier alpha value is -2.48. The molecule has 2 heteroatoms. The van der Waals surface area contributed by atoms with Crippen LogP contribution in [0.5, 0.6) is 0 Å². The third-order valence-corrected chi connectivity index (χ3v) is 5.84. The zero-order valence-electron chi connectivity index (χ0n) is 18.5. The molecule has 0 amide bonds. The summed E-state index contributed by atoms with van der Waals surface area (Å²) in [6.45, 7) is 4.29. The Morgan fingerprint density at radius 3 is 2.00 bits per heavy atom. The van der Waals surface area contributed by atoms with Gasteiger partial charge in [-0.25, -0.2) is 4.39 Å². The fraction of sp³-hybridized carbons (Fsp3) is 0.393. The summed E-state index contributed by atoms with van der Waals surface area (Å²) in [5, 5.41) is 0. The Labute approximate surface area is 181 Å². The average Bonchev–Trinajstić information content (AvgIpc) is 2.79. The van der Waals surface area contributed by atoms with E-state index in [1.807, 2.05) is 37.4 Å². The molecule has 0 atom stereocenters. The third-order valence-electron chi connectivity index (χ3n) is 5.84. The predicted molar refractivity (Wildman–Crippen MR) is 126 cm³/mol. The summed E-state index contributed by atoms with van der Waals surface area (Å²) in [5.74, 6) is -0.204. The lowest BCUT2D eigenvalue weighted by atomic mass is 10.0. The number of rotatable bonds is 11. The molecule has 0 N–H and O–H groups in total. The molecule has 30 heavy (non-hydrogen) atoms. The highest BCUT2D eigenvalue weighted by Gasteiger charge is 2.08. The lowest BCUT2D eigenvalue weighted by molar-refractivity contribution is 0.589. The number of halogens is 1. The molecule has 0 aliphatic rings. The van der Waals surface area contributed by atoms with Crippen LogP contribution in [0.2, 0.25) is 0 Å². The van der Waals surface area contributed by atoms with E-state index in [2.05, 4.69) is 36.2 Å². The van der Waals surface area contributed by atoms with Crippen molar-refractivity contribution in [3.05, 3.63) is 77.7 Å². The first-order chi connectivity index (χ1) is 14.7. The van der Waals surface area contributed by atoms with Crippen LogP contribution in [0.4, 0.5) is 4.39 Å². The van der Waals surface area contributed by atoms with E-state index in [1.54, 1.807) is 6.07 Å². The maximum Gasteiger partial charge on any atom is 0.132 e. The number of pyridine rings is 1. The van der Waals surface area contributed by atoms with Crippen molar-refractivity contribution < 1.29 is 4.39 Å². The maximum absolute atomic E-state index is 14.4. The molecule has 0 aliphatic heterocycles. The van der Waals surface area contributed by atoms with Crippen LogP contribution in [0.1, 0.15) is 69.9 Å². The number of aromatic nitrogens is 1. The molecular formula is C28H34FN. The fourth-order valence-corrected chi connectivity index (χ4v) is 3.86. The van der Waals surface area contributed by atoms with Gasteiger partial charge in [0.15, 0.2) is 0 Å². The minimum Gasteiger partial charge on any atom is -0.256 e. The molecule has 0 aliphatic carbocycles. The second-order valence-electron chi connectivity index (χ2n) is 8.17. The fourth-order valence-electron chi connectivity index (χ4n) is 3.86. The number of unbranched alkanes of at least 4 members (excludes halogenated alkanes) is 6. The summed E-state index contributed by atoms with van der Waals surface area (Å²) >= 11 is 0. The molecular weight excluding hydrogens is 369 g/mol. The van der Waals surface area contributed by atoms with Crippen LogP contribution < -0.4 is 0 Å². The predicted octanol–water partition coefficient (Wildman–Crippen LogP) is 8.41. The molecule has 1 nitrogen and oxygen atoms in total. The quantitative estimate of drug-likeness (QED) is 0.293. The second-order valence-corrected chi connectivity index (χ2v) is 8.17. The summed E-state index contributed by atoms with van der Waals surface area (Å²) in [5.41, 5.74) is 5.85. The van der Waals surface area contributed by atoms with Crippen molar-refractivity contribution >= 4 is 0 Å². The Morgan fingerprint density at radius 2 is 1.37 bits per heavy atom. The van der Waals surface area contributed by atoms with Crippen LogP contribution in [0.15, 0.2) is 60.8 Å². The number of nitrogens with zero attached hydrogens (tertiary/aromatic N) is 1. The lowest BCUT2D eigenvalue weighted by Crippen LogP contribution is -1.91. The lowest BCUT2D eigenvalue weighted by Gasteiger charge is -2.08. The molecule has 0 saturated carbocycles. The van der Waals surface area contributed by atoms with E-state index in [1.165, 1.54) is 50.5 Å². The number of aryl methyl sites for hydroxylation is 2. The van der Waals surface area contributed by atoms with E-state index in [0.29, 0.717) is 11.3 Å². The minimum atomic E-state index is -0.204. The molecule has 1 aromatic heterocycles. The molecule has 0 spiro atoms. The summed E-state index contributed by atoms with van der Waals surface area (Å²) in [6.07, 6.45) is 13.2. The maximum atomic E-state index is 14.4. The normalized spacial score (nSPS) is 11.0. The molecule has 2 aromatic carbocycles. The van der Waals surface area contributed by atoms with Crippen LogP contribution >= 0.6 is 0 Å². The van der Waals surface area contributed by atoms with Crippen molar-refractivity contribution in [2.45, 2.75) is 71.6 Å². The van der Waals surface area contributed by atoms with E-state index >= 15 is 0 Å². The molecule has 3 aromatic rings. The number of hydrogen-bond acceptors (Lipinski definition) is 1. The van der Waals surface area contributed by atoms with Crippen molar-refractivity contribution in [3.8, 4) is 22.4 Å². The molecule has 158 valence electrons. The van der Waals surface area contributed by atoms with Crippen LogP contribution in [0.25, 0.3) is 22.4 Å². The second kappa shape index (κ2) is 11.6. The summed E-state index contributed by atoms with van der Waals surface area (Å²) in [4.78, 5) is 4.52. The number of hydrogen-bond donors (Lipinski definition) is 0. The monoisotopic (exact) mass is 403 g/mol. The summed E-state index contributed by atoms with van der Waals surface area (Å²) in [6, 6.07) is 18.1. The SMILES string of the molecule is CCCCCCCCCc1ccc(-c2ccc(-c3ccc(CC)cc3F)nc2)cc1. The molecule has 0 saturated heterocycles. The van der Waals surface area contributed by atoms with Gasteiger partial charge in [0.05, 0.1) is 5.69 Å². The van der Waals surface area contributed by atoms with Crippen LogP contribution in [0.3, 0.4) is 0 Å². The van der Waals surface area contributed by atoms with Gasteiger partial charge in [0.25, 0.3) is 0 Å². The Bertz CT molecular complexity index is 897. The Kier molecular flexibility index (Phi) is 8.62. The largest absolute Gasteiger partial charge is 0.256 e. The highest BCUT2D eigenvalue weighted by atomic mass is 19.1. The first-order valence-corrected chi connectivity index (χ1v) is 11.6. The Balaban J connectivity index is 1.55. The van der Waals surface area contributed by atoms with Crippen molar-refractivity contribution in [2.75, 3.05) is 0 Å². The van der Waals surface area contributed by atoms with E-state index in [0.717, 1.165) is 29.5 Å². The van der Waals surface area contributed by atoms with Gasteiger partial charge < -0.3 is 0 Å². The average molecular weight is 404 g/mol. The zero-order chi connectivity index (χ0) is 21.2. The van der Waals surface area contributed by atoms with Crippen molar-refractivity contribution in [1.82, 2.24) is 4.98 Å². The molecule has 0 radical (unpaired) electrons. The first kappa shape index (κ1) is 22.2. The van der Waals surface area contributed by atoms with Gasteiger partial charge in [-0.15, -0.1) is 0 Å². The van der Waals surface area contributed by atoms with Crippen molar-refractivity contribution in [3.63, 3.8) is 0 Å². The molecule has 1 heterocycles.